The lowest BCUT2D eigenvalue weighted by Crippen LogP contribution is -2.49. The smallest absolute Gasteiger partial charge is 0.255 e. The highest BCUT2D eigenvalue weighted by Crippen LogP contribution is 2.22. The lowest BCUT2D eigenvalue weighted by Gasteiger charge is -2.35. The first-order valence-corrected chi connectivity index (χ1v) is 11.1. The highest BCUT2D eigenvalue weighted by molar-refractivity contribution is 5.95. The van der Waals surface area contributed by atoms with Crippen LogP contribution in [0.4, 0.5) is 5.82 Å². The maximum Gasteiger partial charge on any atom is 0.255 e. The van der Waals surface area contributed by atoms with Crippen molar-refractivity contribution >= 4 is 11.7 Å². The van der Waals surface area contributed by atoms with Gasteiger partial charge in [0.2, 0.25) is 0 Å². The van der Waals surface area contributed by atoms with E-state index in [0.29, 0.717) is 24.5 Å². The van der Waals surface area contributed by atoms with Gasteiger partial charge in [0, 0.05) is 43.5 Å². The zero-order valence-corrected chi connectivity index (χ0v) is 18.6. The van der Waals surface area contributed by atoms with Gasteiger partial charge in [-0.05, 0) is 25.1 Å². The van der Waals surface area contributed by atoms with Crippen molar-refractivity contribution < 1.29 is 4.79 Å². The third-order valence-electron chi connectivity index (χ3n) is 5.95. The molecule has 0 N–H and O–H groups in total. The number of piperazine rings is 1. The monoisotopic (exact) mass is 435 g/mol. The summed E-state index contributed by atoms with van der Waals surface area (Å²) >= 11 is 0. The van der Waals surface area contributed by atoms with Gasteiger partial charge < -0.3 is 9.80 Å². The minimum atomic E-state index is 0.0342. The molecule has 33 heavy (non-hydrogen) atoms. The van der Waals surface area contributed by atoms with Crippen LogP contribution >= 0.6 is 0 Å². The Morgan fingerprint density at radius 3 is 2.09 bits per heavy atom. The minimum absolute atomic E-state index is 0.0342. The molecule has 2 aromatic carbocycles. The van der Waals surface area contributed by atoms with Crippen LogP contribution in [0.3, 0.4) is 0 Å². The molecule has 5 rings (SSSR count). The van der Waals surface area contributed by atoms with Crippen molar-refractivity contribution in [3.63, 3.8) is 0 Å². The molecule has 0 atom stereocenters. The van der Waals surface area contributed by atoms with Gasteiger partial charge in [0.25, 0.3) is 5.91 Å². The average molecular weight is 436 g/mol. The van der Waals surface area contributed by atoms with Crippen LogP contribution in [-0.4, -0.2) is 51.9 Å². The van der Waals surface area contributed by atoms with Crippen LogP contribution in [0.2, 0.25) is 0 Å². The van der Waals surface area contributed by atoms with E-state index in [2.05, 4.69) is 14.9 Å². The molecule has 1 aliphatic heterocycles. The molecule has 2 aromatic heterocycles. The van der Waals surface area contributed by atoms with Crippen molar-refractivity contribution in [1.82, 2.24) is 19.9 Å². The Hall–Kier alpha value is -4.06. The van der Waals surface area contributed by atoms with Gasteiger partial charge in [-0.3, -0.25) is 9.78 Å². The topological polar surface area (TPSA) is 62.2 Å². The number of carbonyl (C=O) groups excluding carboxylic acids is 1. The lowest BCUT2D eigenvalue weighted by molar-refractivity contribution is 0.0745. The quantitative estimate of drug-likeness (QED) is 0.473. The Kier molecular flexibility index (Phi) is 5.81. The number of pyridine rings is 1. The number of rotatable bonds is 4. The maximum atomic E-state index is 13.2. The predicted octanol–water partition coefficient (Wildman–Crippen LogP) is 4.48. The number of aryl methyl sites for hydroxylation is 1. The summed E-state index contributed by atoms with van der Waals surface area (Å²) in [6.07, 6.45) is 1.80. The SMILES string of the molecule is Cc1nc(-c2ccccc2)ccc1C(=O)N1CCN(c2ccnc(-c3ccccc3)n2)CC1. The van der Waals surface area contributed by atoms with Crippen molar-refractivity contribution in [2.45, 2.75) is 6.92 Å². The summed E-state index contributed by atoms with van der Waals surface area (Å²) in [5.41, 5.74) is 4.35. The van der Waals surface area contributed by atoms with E-state index in [-0.39, 0.29) is 5.91 Å². The highest BCUT2D eigenvalue weighted by atomic mass is 16.2. The van der Waals surface area contributed by atoms with E-state index in [1.807, 2.05) is 90.7 Å². The molecular weight excluding hydrogens is 410 g/mol. The molecule has 0 aliphatic carbocycles. The Balaban J connectivity index is 1.26. The van der Waals surface area contributed by atoms with E-state index in [0.717, 1.165) is 41.4 Å². The number of amides is 1. The van der Waals surface area contributed by atoms with Gasteiger partial charge in [-0.2, -0.15) is 0 Å². The van der Waals surface area contributed by atoms with Crippen LogP contribution in [0, 0.1) is 6.92 Å². The molecule has 1 aliphatic rings. The first kappa shape index (κ1) is 20.8. The average Bonchev–Trinajstić information content (AvgIpc) is 2.89. The normalized spacial score (nSPS) is 13.7. The van der Waals surface area contributed by atoms with Gasteiger partial charge in [-0.1, -0.05) is 60.7 Å². The summed E-state index contributed by atoms with van der Waals surface area (Å²) in [5, 5.41) is 0. The Morgan fingerprint density at radius 2 is 1.42 bits per heavy atom. The molecule has 1 saturated heterocycles. The van der Waals surface area contributed by atoms with Crippen LogP contribution in [0.15, 0.2) is 85.1 Å². The van der Waals surface area contributed by atoms with E-state index >= 15 is 0 Å². The fourth-order valence-electron chi connectivity index (χ4n) is 4.12. The number of aromatic nitrogens is 3. The molecule has 0 radical (unpaired) electrons. The minimum Gasteiger partial charge on any atom is -0.353 e. The molecule has 1 fully saturated rings. The summed E-state index contributed by atoms with van der Waals surface area (Å²) in [7, 11) is 0. The fourth-order valence-corrected chi connectivity index (χ4v) is 4.12. The summed E-state index contributed by atoms with van der Waals surface area (Å²) < 4.78 is 0. The van der Waals surface area contributed by atoms with E-state index in [9.17, 15) is 4.79 Å². The number of hydrogen-bond donors (Lipinski definition) is 0. The van der Waals surface area contributed by atoms with Crippen molar-refractivity contribution in [3.05, 3.63) is 96.3 Å². The third-order valence-corrected chi connectivity index (χ3v) is 5.95. The summed E-state index contributed by atoms with van der Waals surface area (Å²) in [6, 6.07) is 25.7. The number of benzene rings is 2. The summed E-state index contributed by atoms with van der Waals surface area (Å²) in [4.78, 5) is 31.2. The molecule has 6 heteroatoms. The third kappa shape index (κ3) is 4.46. The molecular formula is C27H25N5O. The summed E-state index contributed by atoms with van der Waals surface area (Å²) in [5.74, 6) is 1.64. The van der Waals surface area contributed by atoms with Gasteiger partial charge in [-0.25, -0.2) is 9.97 Å². The standard InChI is InChI=1S/C27H25N5O/c1-20-23(12-13-24(29-20)21-8-4-2-5-9-21)27(33)32-18-16-31(17-19-32)25-14-15-28-26(30-25)22-10-6-3-7-11-22/h2-15H,16-19H2,1H3. The molecule has 0 unspecified atom stereocenters. The largest absolute Gasteiger partial charge is 0.353 e. The second-order valence-electron chi connectivity index (χ2n) is 8.08. The molecule has 3 heterocycles. The first-order valence-electron chi connectivity index (χ1n) is 11.1. The molecule has 0 saturated carbocycles. The fraction of sp³-hybridized carbons (Fsp3) is 0.185. The second kappa shape index (κ2) is 9.20. The van der Waals surface area contributed by atoms with E-state index in [4.69, 9.17) is 4.98 Å². The van der Waals surface area contributed by atoms with Crippen LogP contribution in [0.5, 0.6) is 0 Å². The Morgan fingerprint density at radius 1 is 0.758 bits per heavy atom. The van der Waals surface area contributed by atoms with Crippen LogP contribution in [-0.2, 0) is 0 Å². The molecule has 164 valence electrons. The second-order valence-corrected chi connectivity index (χ2v) is 8.08. The maximum absolute atomic E-state index is 13.2. The molecule has 0 bridgehead atoms. The number of hydrogen-bond acceptors (Lipinski definition) is 5. The van der Waals surface area contributed by atoms with E-state index in [1.54, 1.807) is 6.20 Å². The van der Waals surface area contributed by atoms with Gasteiger partial charge in [0.05, 0.1) is 17.0 Å². The summed E-state index contributed by atoms with van der Waals surface area (Å²) in [6.45, 7) is 4.64. The van der Waals surface area contributed by atoms with Crippen LogP contribution in [0.25, 0.3) is 22.6 Å². The lowest BCUT2D eigenvalue weighted by atomic mass is 10.1. The van der Waals surface area contributed by atoms with Crippen LogP contribution < -0.4 is 4.90 Å². The zero-order valence-electron chi connectivity index (χ0n) is 18.6. The van der Waals surface area contributed by atoms with E-state index in [1.165, 1.54) is 0 Å². The first-order chi connectivity index (χ1) is 16.2. The molecule has 4 aromatic rings. The van der Waals surface area contributed by atoms with Gasteiger partial charge in [0.15, 0.2) is 5.82 Å². The number of nitrogens with zero attached hydrogens (tertiary/aromatic N) is 5. The Bertz CT molecular complexity index is 1250. The molecule has 0 spiro atoms. The van der Waals surface area contributed by atoms with Crippen molar-refractivity contribution in [1.29, 1.82) is 0 Å². The van der Waals surface area contributed by atoms with Gasteiger partial charge in [0.1, 0.15) is 5.82 Å². The zero-order chi connectivity index (χ0) is 22.6. The number of anilines is 1. The van der Waals surface area contributed by atoms with Crippen molar-refractivity contribution in [2.75, 3.05) is 31.1 Å². The van der Waals surface area contributed by atoms with Crippen molar-refractivity contribution in [2.24, 2.45) is 0 Å². The van der Waals surface area contributed by atoms with E-state index < -0.39 is 0 Å². The molecule has 1 amide bonds. The Labute approximate surface area is 193 Å². The van der Waals surface area contributed by atoms with Crippen LogP contribution in [0.1, 0.15) is 16.1 Å². The molecule has 6 nitrogen and oxygen atoms in total. The van der Waals surface area contributed by atoms with Gasteiger partial charge in [-0.15, -0.1) is 0 Å². The predicted molar refractivity (Wildman–Crippen MR) is 130 cm³/mol. The van der Waals surface area contributed by atoms with Gasteiger partial charge >= 0.3 is 0 Å². The van der Waals surface area contributed by atoms with Crippen molar-refractivity contribution in [3.8, 4) is 22.6 Å². The number of carbonyl (C=O) groups is 1. The highest BCUT2D eigenvalue weighted by Gasteiger charge is 2.24.